The van der Waals surface area contributed by atoms with Crippen LogP contribution in [0.2, 0.25) is 0 Å². The summed E-state index contributed by atoms with van der Waals surface area (Å²) in [7, 11) is 0. The lowest BCUT2D eigenvalue weighted by atomic mass is 10.1. The summed E-state index contributed by atoms with van der Waals surface area (Å²) in [5.41, 5.74) is 5.97. The molecule has 0 bridgehead atoms. The Morgan fingerprint density at radius 1 is 1.32 bits per heavy atom. The molecular formula is C17H21N3O2. The Kier molecular flexibility index (Phi) is 4.15. The van der Waals surface area contributed by atoms with Crippen LogP contribution in [0.25, 0.3) is 10.9 Å². The largest absolute Gasteiger partial charge is 0.461 e. The summed E-state index contributed by atoms with van der Waals surface area (Å²) >= 11 is 0. The van der Waals surface area contributed by atoms with E-state index in [4.69, 9.17) is 4.74 Å². The standard InChI is InChI=1S/C17H21N3O2/c1-3-9-20-16(10-15(19-20)17(21)22-4-2)13-11-18-14-8-6-5-7-12(13)14/h5-8,10-11,16,18-19H,3-4,9H2,1-2H3. The molecule has 2 aromatic rings. The fourth-order valence-corrected chi connectivity index (χ4v) is 2.86. The van der Waals surface area contributed by atoms with Gasteiger partial charge in [-0.15, -0.1) is 0 Å². The van der Waals surface area contributed by atoms with Gasteiger partial charge in [0.25, 0.3) is 0 Å². The zero-order chi connectivity index (χ0) is 15.5. The average molecular weight is 299 g/mol. The molecule has 1 aromatic carbocycles. The first-order valence-corrected chi connectivity index (χ1v) is 7.72. The lowest BCUT2D eigenvalue weighted by Gasteiger charge is -2.24. The molecule has 0 spiro atoms. The number of aromatic amines is 1. The summed E-state index contributed by atoms with van der Waals surface area (Å²) in [6.07, 6.45) is 4.96. The van der Waals surface area contributed by atoms with Crippen LogP contribution < -0.4 is 5.43 Å². The molecule has 1 aliphatic heterocycles. The second-order valence-corrected chi connectivity index (χ2v) is 5.34. The molecule has 3 rings (SSSR count). The molecule has 0 saturated carbocycles. The van der Waals surface area contributed by atoms with Crippen molar-refractivity contribution >= 4 is 16.9 Å². The van der Waals surface area contributed by atoms with E-state index >= 15 is 0 Å². The van der Waals surface area contributed by atoms with Gasteiger partial charge >= 0.3 is 5.97 Å². The van der Waals surface area contributed by atoms with Crippen molar-refractivity contribution in [3.8, 4) is 0 Å². The Labute approximate surface area is 129 Å². The molecule has 0 radical (unpaired) electrons. The number of esters is 1. The van der Waals surface area contributed by atoms with Crippen LogP contribution in [0.15, 0.2) is 42.2 Å². The third kappa shape index (κ3) is 2.60. The highest BCUT2D eigenvalue weighted by Crippen LogP contribution is 2.32. The Balaban J connectivity index is 1.96. The lowest BCUT2D eigenvalue weighted by molar-refractivity contribution is -0.139. The molecule has 1 atom stereocenters. The number of H-pyrrole nitrogens is 1. The van der Waals surface area contributed by atoms with Gasteiger partial charge in [-0.3, -0.25) is 0 Å². The fraction of sp³-hybridized carbons (Fsp3) is 0.353. The Morgan fingerprint density at radius 3 is 2.91 bits per heavy atom. The van der Waals surface area contributed by atoms with Gasteiger partial charge in [0.15, 0.2) is 0 Å². The van der Waals surface area contributed by atoms with Gasteiger partial charge in [-0.2, -0.15) is 0 Å². The van der Waals surface area contributed by atoms with E-state index in [2.05, 4.69) is 34.5 Å². The van der Waals surface area contributed by atoms with Gasteiger partial charge in [0.2, 0.25) is 0 Å². The number of hydrogen-bond acceptors (Lipinski definition) is 4. The number of rotatable bonds is 5. The van der Waals surface area contributed by atoms with Crippen molar-refractivity contribution in [3.05, 3.63) is 47.8 Å². The van der Waals surface area contributed by atoms with Crippen molar-refractivity contribution in [2.24, 2.45) is 0 Å². The van der Waals surface area contributed by atoms with Crippen LogP contribution in [0.1, 0.15) is 31.9 Å². The topological polar surface area (TPSA) is 57.4 Å². The molecule has 0 saturated heterocycles. The number of hydrogen-bond donors (Lipinski definition) is 2. The minimum atomic E-state index is -0.300. The zero-order valence-corrected chi connectivity index (χ0v) is 12.9. The number of hydrazine groups is 1. The van der Waals surface area contributed by atoms with Crippen molar-refractivity contribution in [3.63, 3.8) is 0 Å². The van der Waals surface area contributed by atoms with E-state index in [1.54, 1.807) is 0 Å². The molecular weight excluding hydrogens is 278 g/mol. The van der Waals surface area contributed by atoms with Gasteiger partial charge in [0.05, 0.1) is 12.6 Å². The maximum absolute atomic E-state index is 12.0. The van der Waals surface area contributed by atoms with Crippen molar-refractivity contribution in [1.82, 2.24) is 15.4 Å². The van der Waals surface area contributed by atoms with Gasteiger partial charge in [-0.1, -0.05) is 25.1 Å². The highest BCUT2D eigenvalue weighted by molar-refractivity contribution is 5.89. The maximum atomic E-state index is 12.0. The van der Waals surface area contributed by atoms with E-state index < -0.39 is 0 Å². The number of carbonyl (C=O) groups is 1. The molecule has 0 aliphatic carbocycles. The van der Waals surface area contributed by atoms with Gasteiger partial charge < -0.3 is 15.1 Å². The third-order valence-electron chi connectivity index (χ3n) is 3.82. The van der Waals surface area contributed by atoms with Crippen LogP contribution in [0, 0.1) is 0 Å². The van der Waals surface area contributed by atoms with Crippen LogP contribution in [-0.2, 0) is 9.53 Å². The van der Waals surface area contributed by atoms with Crippen LogP contribution in [0.3, 0.4) is 0 Å². The normalized spacial score (nSPS) is 18.3. The summed E-state index contributed by atoms with van der Waals surface area (Å²) in [5.74, 6) is -0.300. The number of fused-ring (bicyclic) bond motifs is 1. The van der Waals surface area contributed by atoms with E-state index in [-0.39, 0.29) is 12.0 Å². The number of carbonyl (C=O) groups excluding carboxylic acids is 1. The summed E-state index contributed by atoms with van der Waals surface area (Å²) in [5, 5.41) is 3.26. The average Bonchev–Trinajstić information content (AvgIpc) is 3.11. The Hall–Kier alpha value is -2.27. The molecule has 1 unspecified atom stereocenters. The predicted octanol–water partition coefficient (Wildman–Crippen LogP) is 2.89. The van der Waals surface area contributed by atoms with Gasteiger partial charge in [-0.05, 0) is 25.5 Å². The SMILES string of the molecule is CCCN1NC(C(=O)OCC)=CC1c1c[nH]c2ccccc12. The number of benzene rings is 1. The highest BCUT2D eigenvalue weighted by atomic mass is 16.5. The second-order valence-electron chi connectivity index (χ2n) is 5.34. The number of para-hydroxylation sites is 1. The minimum Gasteiger partial charge on any atom is -0.461 e. The van der Waals surface area contributed by atoms with Crippen LogP contribution in [0.4, 0.5) is 0 Å². The van der Waals surface area contributed by atoms with Crippen molar-refractivity contribution in [2.75, 3.05) is 13.2 Å². The fourth-order valence-electron chi connectivity index (χ4n) is 2.86. The Bertz CT molecular complexity index is 705. The predicted molar refractivity (Wildman–Crippen MR) is 85.9 cm³/mol. The van der Waals surface area contributed by atoms with E-state index in [9.17, 15) is 4.79 Å². The van der Waals surface area contributed by atoms with Crippen molar-refractivity contribution in [1.29, 1.82) is 0 Å². The van der Waals surface area contributed by atoms with Crippen LogP contribution >= 0.6 is 0 Å². The molecule has 1 aromatic heterocycles. The van der Waals surface area contributed by atoms with E-state index in [1.165, 1.54) is 5.39 Å². The third-order valence-corrected chi connectivity index (χ3v) is 3.82. The van der Waals surface area contributed by atoms with E-state index in [0.29, 0.717) is 12.3 Å². The molecule has 2 heterocycles. The molecule has 0 fully saturated rings. The van der Waals surface area contributed by atoms with Gasteiger partial charge in [-0.25, -0.2) is 9.80 Å². The summed E-state index contributed by atoms with van der Waals surface area (Å²) in [6.45, 7) is 5.16. The van der Waals surface area contributed by atoms with E-state index in [0.717, 1.165) is 24.0 Å². The Morgan fingerprint density at radius 2 is 2.14 bits per heavy atom. The summed E-state index contributed by atoms with van der Waals surface area (Å²) < 4.78 is 5.10. The lowest BCUT2D eigenvalue weighted by Crippen LogP contribution is -2.36. The molecule has 22 heavy (non-hydrogen) atoms. The molecule has 2 N–H and O–H groups in total. The summed E-state index contributed by atoms with van der Waals surface area (Å²) in [4.78, 5) is 15.3. The first-order chi connectivity index (χ1) is 10.7. The molecule has 5 nitrogen and oxygen atoms in total. The first kappa shape index (κ1) is 14.7. The second kappa shape index (κ2) is 6.23. The molecule has 0 amide bonds. The summed E-state index contributed by atoms with van der Waals surface area (Å²) in [6, 6.07) is 8.22. The smallest absolute Gasteiger partial charge is 0.355 e. The zero-order valence-electron chi connectivity index (χ0n) is 12.9. The van der Waals surface area contributed by atoms with Crippen molar-refractivity contribution in [2.45, 2.75) is 26.3 Å². The molecule has 116 valence electrons. The molecule has 1 aliphatic rings. The number of aromatic nitrogens is 1. The quantitative estimate of drug-likeness (QED) is 0.834. The maximum Gasteiger partial charge on any atom is 0.355 e. The highest BCUT2D eigenvalue weighted by Gasteiger charge is 2.30. The van der Waals surface area contributed by atoms with Crippen LogP contribution in [-0.4, -0.2) is 29.1 Å². The number of ether oxygens (including phenoxy) is 1. The van der Waals surface area contributed by atoms with Gasteiger partial charge in [0, 0.05) is 29.2 Å². The first-order valence-electron chi connectivity index (χ1n) is 7.72. The monoisotopic (exact) mass is 299 g/mol. The molecule has 5 heteroatoms. The minimum absolute atomic E-state index is 0.0236. The van der Waals surface area contributed by atoms with Crippen molar-refractivity contribution < 1.29 is 9.53 Å². The number of nitrogens with one attached hydrogen (secondary N) is 2. The van der Waals surface area contributed by atoms with E-state index in [1.807, 2.05) is 31.3 Å². The number of nitrogens with zero attached hydrogens (tertiary/aromatic N) is 1. The van der Waals surface area contributed by atoms with Crippen LogP contribution in [0.5, 0.6) is 0 Å². The van der Waals surface area contributed by atoms with Gasteiger partial charge in [0.1, 0.15) is 5.70 Å².